The lowest BCUT2D eigenvalue weighted by molar-refractivity contribution is -0.944. The first kappa shape index (κ1) is 27.8. The zero-order valence-electron chi connectivity index (χ0n) is 21.4. The number of hydrogen-bond donors (Lipinski definition) is 0. The molecule has 0 saturated heterocycles. The lowest BCUT2D eigenvalue weighted by Gasteiger charge is -2.41. The molecule has 1 aromatic rings. The van der Waals surface area contributed by atoms with Gasteiger partial charge in [0, 0.05) is 25.3 Å². The van der Waals surface area contributed by atoms with Crippen molar-refractivity contribution in [2.75, 3.05) is 26.7 Å². The van der Waals surface area contributed by atoms with Crippen LogP contribution in [0.2, 0.25) is 0 Å². The molecule has 0 saturated carbocycles. The minimum atomic E-state index is -0.184. The largest absolute Gasteiger partial charge is 0.475 e. The summed E-state index contributed by atoms with van der Waals surface area (Å²) in [7, 11) is 2.17. The molecule has 0 spiro atoms. The fraction of sp³-hybridized carbons (Fsp3) is 0.808. The number of likely N-dealkylation sites (N-methyl/N-ethyl adjacent to an activating group) is 1. The first-order valence-corrected chi connectivity index (χ1v) is 13.9. The standard InChI is InChI=1S/C26H46N3O3S/c1-5-7-9-11-12-13-14-18-24(30)32-22(3)29(4)19-16-17-23(21-29)25-26(28-33-27-25)31-20-15-10-8-6-2/h17,22H,5-16,18-21H2,1-4H3/q+1/t22-,29?/m1/s1. The molecule has 0 radical (unpaired) electrons. The molecule has 0 amide bonds. The van der Waals surface area contributed by atoms with Gasteiger partial charge in [0.05, 0.1) is 31.9 Å². The summed E-state index contributed by atoms with van der Waals surface area (Å²) >= 11 is 1.21. The highest BCUT2D eigenvalue weighted by atomic mass is 32.1. The molecule has 2 atom stereocenters. The molecule has 188 valence electrons. The van der Waals surface area contributed by atoms with Crippen LogP contribution in [-0.4, -0.2) is 52.2 Å². The third-order valence-corrected chi connectivity index (χ3v) is 7.24. The first-order valence-electron chi connectivity index (χ1n) is 13.2. The number of nitrogens with zero attached hydrogens (tertiary/aromatic N) is 3. The van der Waals surface area contributed by atoms with Crippen LogP contribution in [0.15, 0.2) is 6.08 Å². The molecule has 1 aliphatic rings. The normalized spacial score (nSPS) is 19.2. The Morgan fingerprint density at radius 3 is 2.42 bits per heavy atom. The van der Waals surface area contributed by atoms with Gasteiger partial charge < -0.3 is 9.47 Å². The number of carbonyl (C=O) groups excluding carboxylic acids is 1. The summed E-state index contributed by atoms with van der Waals surface area (Å²) < 4.78 is 21.4. The molecular weight excluding hydrogens is 434 g/mol. The lowest BCUT2D eigenvalue weighted by Crippen LogP contribution is -2.55. The molecule has 0 aromatic carbocycles. The quantitative estimate of drug-likeness (QED) is 0.140. The van der Waals surface area contributed by atoms with Crippen LogP contribution < -0.4 is 4.74 Å². The second-order valence-electron chi connectivity index (χ2n) is 9.67. The summed E-state index contributed by atoms with van der Waals surface area (Å²) in [6.07, 6.45) is 16.6. The van der Waals surface area contributed by atoms with Gasteiger partial charge in [0.15, 0.2) is 0 Å². The fourth-order valence-corrected chi connectivity index (χ4v) is 4.85. The number of ether oxygens (including phenoxy) is 2. The molecule has 33 heavy (non-hydrogen) atoms. The first-order chi connectivity index (χ1) is 16.0. The van der Waals surface area contributed by atoms with Crippen LogP contribution in [0.3, 0.4) is 0 Å². The molecule has 0 aliphatic carbocycles. The van der Waals surface area contributed by atoms with E-state index in [0.29, 0.717) is 23.4 Å². The SMILES string of the molecule is CCCCCCCCCC(=O)O[C@H](C)[N+]1(C)CCC=C(c2nsnc2OCCCCCC)C1. The van der Waals surface area contributed by atoms with Gasteiger partial charge in [-0.25, -0.2) is 0 Å². The van der Waals surface area contributed by atoms with Crippen molar-refractivity contribution in [2.45, 2.75) is 110 Å². The fourth-order valence-electron chi connectivity index (χ4n) is 4.32. The summed E-state index contributed by atoms with van der Waals surface area (Å²) in [6, 6.07) is 0. The Morgan fingerprint density at radius 1 is 1.03 bits per heavy atom. The number of unbranched alkanes of at least 4 members (excludes halogenated alkanes) is 9. The smallest absolute Gasteiger partial charge is 0.310 e. The van der Waals surface area contributed by atoms with E-state index in [4.69, 9.17) is 9.47 Å². The number of hydrogen-bond acceptors (Lipinski definition) is 6. The van der Waals surface area contributed by atoms with Gasteiger partial charge in [-0.3, -0.25) is 9.28 Å². The average molecular weight is 481 g/mol. The van der Waals surface area contributed by atoms with Crippen LogP contribution in [0, 0.1) is 0 Å². The van der Waals surface area contributed by atoms with Gasteiger partial charge in [-0.1, -0.05) is 77.7 Å². The van der Waals surface area contributed by atoms with Crippen LogP contribution in [-0.2, 0) is 9.53 Å². The summed E-state index contributed by atoms with van der Waals surface area (Å²) in [5.41, 5.74) is 2.01. The Hall–Kier alpha value is -1.47. The maximum Gasteiger partial charge on any atom is 0.310 e. The zero-order chi connectivity index (χ0) is 23.9. The van der Waals surface area contributed by atoms with Crippen molar-refractivity contribution in [1.29, 1.82) is 0 Å². The maximum absolute atomic E-state index is 12.4. The Balaban J connectivity index is 1.80. The van der Waals surface area contributed by atoms with E-state index in [1.165, 1.54) is 63.1 Å². The molecule has 0 N–H and O–H groups in total. The van der Waals surface area contributed by atoms with Crippen molar-refractivity contribution in [3.05, 3.63) is 11.8 Å². The predicted molar refractivity (Wildman–Crippen MR) is 136 cm³/mol. The van der Waals surface area contributed by atoms with Gasteiger partial charge in [-0.15, -0.1) is 4.37 Å². The summed E-state index contributed by atoms with van der Waals surface area (Å²) in [6.45, 7) is 8.86. The van der Waals surface area contributed by atoms with Gasteiger partial charge in [-0.2, -0.15) is 4.37 Å². The van der Waals surface area contributed by atoms with E-state index < -0.39 is 0 Å². The second-order valence-corrected chi connectivity index (χ2v) is 10.2. The van der Waals surface area contributed by atoms with E-state index in [0.717, 1.165) is 50.0 Å². The van der Waals surface area contributed by atoms with Crippen molar-refractivity contribution in [3.8, 4) is 5.88 Å². The van der Waals surface area contributed by atoms with Crippen molar-refractivity contribution >= 4 is 23.3 Å². The molecule has 1 unspecified atom stereocenters. The van der Waals surface area contributed by atoms with E-state index in [-0.39, 0.29) is 12.2 Å². The molecule has 7 heteroatoms. The van der Waals surface area contributed by atoms with Crippen LogP contribution in [0.1, 0.15) is 110 Å². The molecule has 2 heterocycles. The molecule has 1 aliphatic heterocycles. The minimum absolute atomic E-state index is 0.0714. The number of quaternary nitrogens is 1. The van der Waals surface area contributed by atoms with Crippen LogP contribution >= 0.6 is 11.7 Å². The van der Waals surface area contributed by atoms with Gasteiger partial charge in [0.25, 0.3) is 5.88 Å². The Kier molecular flexibility index (Phi) is 13.0. The number of rotatable bonds is 17. The third kappa shape index (κ3) is 9.73. The average Bonchev–Trinajstić information content (AvgIpc) is 3.27. The van der Waals surface area contributed by atoms with Gasteiger partial charge in [0.2, 0.25) is 6.23 Å². The Labute approximate surface area is 205 Å². The maximum atomic E-state index is 12.4. The molecule has 6 nitrogen and oxygen atoms in total. The summed E-state index contributed by atoms with van der Waals surface area (Å²) in [5, 5.41) is 0. The molecule has 0 bridgehead atoms. The topological polar surface area (TPSA) is 61.3 Å². The van der Waals surface area contributed by atoms with Gasteiger partial charge in [0.1, 0.15) is 12.2 Å². The van der Waals surface area contributed by atoms with E-state index in [2.05, 4.69) is 35.7 Å². The predicted octanol–water partition coefficient (Wildman–Crippen LogP) is 6.76. The Bertz CT molecular complexity index is 721. The highest BCUT2D eigenvalue weighted by Crippen LogP contribution is 2.31. The second kappa shape index (κ2) is 15.4. The summed E-state index contributed by atoms with van der Waals surface area (Å²) in [4.78, 5) is 12.4. The van der Waals surface area contributed by atoms with E-state index in [1.807, 2.05) is 6.92 Å². The summed E-state index contributed by atoms with van der Waals surface area (Å²) in [5.74, 6) is 0.581. The van der Waals surface area contributed by atoms with Crippen molar-refractivity contribution in [2.24, 2.45) is 0 Å². The Morgan fingerprint density at radius 2 is 1.70 bits per heavy atom. The number of esters is 1. The van der Waals surface area contributed by atoms with Crippen LogP contribution in [0.25, 0.3) is 5.57 Å². The molecular formula is C26H46N3O3S+. The van der Waals surface area contributed by atoms with Crippen molar-refractivity contribution < 1.29 is 18.8 Å². The van der Waals surface area contributed by atoms with E-state index in [1.54, 1.807) is 0 Å². The number of aromatic nitrogens is 2. The van der Waals surface area contributed by atoms with Gasteiger partial charge >= 0.3 is 5.97 Å². The van der Waals surface area contributed by atoms with Gasteiger partial charge in [-0.05, 0) is 12.8 Å². The van der Waals surface area contributed by atoms with E-state index in [9.17, 15) is 4.79 Å². The zero-order valence-corrected chi connectivity index (χ0v) is 22.3. The van der Waals surface area contributed by atoms with Crippen LogP contribution in [0.5, 0.6) is 5.88 Å². The molecule has 0 fully saturated rings. The van der Waals surface area contributed by atoms with Crippen molar-refractivity contribution in [1.82, 2.24) is 8.75 Å². The third-order valence-electron chi connectivity index (χ3n) is 6.73. The van der Waals surface area contributed by atoms with E-state index >= 15 is 0 Å². The van der Waals surface area contributed by atoms with Crippen LogP contribution in [0.4, 0.5) is 0 Å². The highest BCUT2D eigenvalue weighted by Gasteiger charge is 2.36. The number of carbonyl (C=O) groups is 1. The minimum Gasteiger partial charge on any atom is -0.475 e. The highest BCUT2D eigenvalue weighted by molar-refractivity contribution is 6.99. The lowest BCUT2D eigenvalue weighted by atomic mass is 10.0. The molecule has 1 aromatic heterocycles. The van der Waals surface area contributed by atoms with Crippen molar-refractivity contribution in [3.63, 3.8) is 0 Å². The monoisotopic (exact) mass is 480 g/mol. The molecule has 2 rings (SSSR count).